The maximum Gasteiger partial charge on any atom is 0.164 e. The van der Waals surface area contributed by atoms with Crippen molar-refractivity contribution < 1.29 is 0 Å². The van der Waals surface area contributed by atoms with Crippen molar-refractivity contribution in [3.05, 3.63) is 200 Å². The van der Waals surface area contributed by atoms with E-state index in [1.54, 1.807) is 0 Å². The Morgan fingerprint density at radius 3 is 1.66 bits per heavy atom. The number of nitrogens with zero attached hydrogens (tertiary/aromatic N) is 5. The Morgan fingerprint density at radius 1 is 0.339 bits per heavy atom. The Hall–Kier alpha value is -7.67. The second-order valence-electron chi connectivity index (χ2n) is 14.9. The molecule has 0 aliphatic heterocycles. The molecule has 4 aromatic heterocycles. The van der Waals surface area contributed by atoms with Crippen LogP contribution in [0.4, 0.5) is 0 Å². The minimum atomic E-state index is 0.639. The molecule has 12 aromatic rings. The van der Waals surface area contributed by atoms with Crippen LogP contribution in [0.1, 0.15) is 0 Å². The Kier molecular flexibility index (Phi) is 7.64. The molecule has 0 bridgehead atoms. The molecule has 0 aliphatic rings. The van der Waals surface area contributed by atoms with Crippen molar-refractivity contribution in [2.75, 3.05) is 0 Å². The molecule has 0 fully saturated rings. The van der Waals surface area contributed by atoms with Gasteiger partial charge in [0.2, 0.25) is 0 Å². The molecule has 276 valence electrons. The number of hydrogen-bond donors (Lipinski definition) is 0. The van der Waals surface area contributed by atoms with E-state index in [0.717, 1.165) is 39.2 Å². The highest BCUT2D eigenvalue weighted by atomic mass is 32.1. The third kappa shape index (κ3) is 5.64. The quantitative estimate of drug-likeness (QED) is 0.169. The Bertz CT molecular complexity index is 3470. The predicted molar refractivity (Wildman–Crippen MR) is 246 cm³/mol. The fourth-order valence-electron chi connectivity index (χ4n) is 8.53. The maximum atomic E-state index is 4.99. The van der Waals surface area contributed by atoms with Gasteiger partial charge < -0.3 is 9.13 Å². The number of rotatable bonds is 6. The average molecular weight is 772 g/mol. The van der Waals surface area contributed by atoms with Crippen LogP contribution >= 0.6 is 11.3 Å². The third-order valence-electron chi connectivity index (χ3n) is 11.4. The van der Waals surface area contributed by atoms with Crippen LogP contribution in [-0.4, -0.2) is 24.1 Å². The molecular weight excluding hydrogens is 739 g/mol. The lowest BCUT2D eigenvalue weighted by Gasteiger charge is -2.12. The van der Waals surface area contributed by atoms with Crippen molar-refractivity contribution in [2.24, 2.45) is 0 Å². The molecule has 8 aromatic carbocycles. The van der Waals surface area contributed by atoms with Crippen molar-refractivity contribution in [3.8, 4) is 56.7 Å². The number of hydrogen-bond acceptors (Lipinski definition) is 4. The lowest BCUT2D eigenvalue weighted by Crippen LogP contribution is -2.00. The Morgan fingerprint density at radius 2 is 0.932 bits per heavy atom. The van der Waals surface area contributed by atoms with Gasteiger partial charge in [-0.1, -0.05) is 127 Å². The van der Waals surface area contributed by atoms with E-state index in [-0.39, 0.29) is 0 Å². The largest absolute Gasteiger partial charge is 0.316 e. The van der Waals surface area contributed by atoms with Gasteiger partial charge in [-0.3, -0.25) is 0 Å². The van der Waals surface area contributed by atoms with Crippen molar-refractivity contribution >= 4 is 64.2 Å². The number of fused-ring (bicyclic) bond motifs is 7. The summed E-state index contributed by atoms with van der Waals surface area (Å²) >= 11 is 1.86. The number of thiophene rings is 1. The summed E-state index contributed by atoms with van der Waals surface area (Å²) in [6.45, 7) is 0. The molecule has 0 unspecified atom stereocenters. The van der Waals surface area contributed by atoms with E-state index >= 15 is 0 Å². The molecule has 5 nitrogen and oxygen atoms in total. The zero-order valence-corrected chi connectivity index (χ0v) is 32.5. The predicted octanol–water partition coefficient (Wildman–Crippen LogP) is 13.9. The molecule has 0 N–H and O–H groups in total. The van der Waals surface area contributed by atoms with Gasteiger partial charge in [0.15, 0.2) is 17.5 Å². The zero-order chi connectivity index (χ0) is 38.9. The normalized spacial score (nSPS) is 11.7. The van der Waals surface area contributed by atoms with E-state index in [1.165, 1.54) is 52.9 Å². The molecule has 6 heteroatoms. The highest BCUT2D eigenvalue weighted by Crippen LogP contribution is 2.42. The van der Waals surface area contributed by atoms with Crippen molar-refractivity contribution in [1.29, 1.82) is 0 Å². The number of para-hydroxylation sites is 1. The van der Waals surface area contributed by atoms with Crippen molar-refractivity contribution in [1.82, 2.24) is 24.1 Å². The number of aromatic nitrogens is 5. The average Bonchev–Trinajstić information content (AvgIpc) is 3.99. The van der Waals surface area contributed by atoms with Crippen LogP contribution in [0.2, 0.25) is 0 Å². The van der Waals surface area contributed by atoms with E-state index in [4.69, 9.17) is 15.0 Å². The van der Waals surface area contributed by atoms with E-state index in [9.17, 15) is 0 Å². The summed E-state index contributed by atoms with van der Waals surface area (Å²) in [6, 6.07) is 68.8. The van der Waals surface area contributed by atoms with Gasteiger partial charge in [0.05, 0.1) is 16.6 Å². The van der Waals surface area contributed by atoms with Crippen LogP contribution in [0, 0.1) is 0 Å². The third-order valence-corrected chi connectivity index (χ3v) is 12.5. The van der Waals surface area contributed by atoms with Gasteiger partial charge >= 0.3 is 0 Å². The summed E-state index contributed by atoms with van der Waals surface area (Å²) in [5, 5.41) is 6.33. The van der Waals surface area contributed by atoms with Gasteiger partial charge in [-0.25, -0.2) is 15.0 Å². The van der Waals surface area contributed by atoms with Gasteiger partial charge in [-0.15, -0.1) is 11.3 Å². The van der Waals surface area contributed by atoms with Gasteiger partial charge in [0.25, 0.3) is 0 Å². The molecule has 0 saturated heterocycles. The summed E-state index contributed by atoms with van der Waals surface area (Å²) in [5.41, 5.74) is 10.9. The summed E-state index contributed by atoms with van der Waals surface area (Å²) in [4.78, 5) is 14.9. The molecule has 0 atom stereocenters. The second-order valence-corrected chi connectivity index (χ2v) is 16.0. The molecule has 0 radical (unpaired) electrons. The fraction of sp³-hybridized carbons (Fsp3) is 0. The van der Waals surface area contributed by atoms with Crippen LogP contribution in [0.3, 0.4) is 0 Å². The summed E-state index contributed by atoms with van der Waals surface area (Å²) in [7, 11) is 0. The van der Waals surface area contributed by atoms with E-state index in [2.05, 4.69) is 149 Å². The summed E-state index contributed by atoms with van der Waals surface area (Å²) in [5.74, 6) is 1.94. The standard InChI is InChI=1S/C53H33N5S/c1-4-13-35(14-5-1)51-54-52(36-15-6-2-7-16-36)56-53(55-51)39-18-12-17-37(29-39)34-23-25-41(26-24-34)58-47-32-46-38(27-28-57(46)40-19-8-3-9-20-40)30-43(47)44-31-45-42-21-10-11-22-49(42)59-50(45)33-48(44)58/h1-33H. The van der Waals surface area contributed by atoms with Crippen LogP contribution in [0.15, 0.2) is 200 Å². The second kappa shape index (κ2) is 13.5. The van der Waals surface area contributed by atoms with Crippen molar-refractivity contribution in [3.63, 3.8) is 0 Å². The first-order valence-corrected chi connectivity index (χ1v) is 20.6. The molecule has 59 heavy (non-hydrogen) atoms. The van der Waals surface area contributed by atoms with Gasteiger partial charge in [-0.2, -0.15) is 0 Å². The summed E-state index contributed by atoms with van der Waals surface area (Å²) in [6.07, 6.45) is 2.18. The maximum absolute atomic E-state index is 4.99. The van der Waals surface area contributed by atoms with Gasteiger partial charge in [-0.05, 0) is 77.9 Å². The van der Waals surface area contributed by atoms with Gasteiger partial charge in [0.1, 0.15) is 0 Å². The number of benzene rings is 8. The first-order valence-electron chi connectivity index (χ1n) is 19.8. The van der Waals surface area contributed by atoms with Crippen LogP contribution < -0.4 is 0 Å². The van der Waals surface area contributed by atoms with Crippen LogP contribution in [-0.2, 0) is 0 Å². The SMILES string of the molecule is c1ccc(-c2nc(-c3ccccc3)nc(-c3cccc(-c4ccc(-n5c6cc7sc8ccccc8c7cc6c6cc7ccn(-c8ccccc8)c7cc65)cc4)c3)n2)cc1. The van der Waals surface area contributed by atoms with E-state index in [1.807, 2.05) is 72.0 Å². The Labute approximate surface area is 343 Å². The Balaban J connectivity index is 0.998. The molecular formula is C53H33N5S. The first-order chi connectivity index (χ1) is 29.2. The molecule has 0 aliphatic carbocycles. The monoisotopic (exact) mass is 771 g/mol. The molecule has 0 amide bonds. The lowest BCUT2D eigenvalue weighted by molar-refractivity contribution is 1.07. The first kappa shape index (κ1) is 33.5. The fourth-order valence-corrected chi connectivity index (χ4v) is 9.65. The highest BCUT2D eigenvalue weighted by molar-refractivity contribution is 7.25. The topological polar surface area (TPSA) is 48.5 Å². The van der Waals surface area contributed by atoms with Gasteiger partial charge in [0, 0.05) is 70.6 Å². The minimum Gasteiger partial charge on any atom is -0.316 e. The molecule has 12 rings (SSSR count). The van der Waals surface area contributed by atoms with Crippen LogP contribution in [0.5, 0.6) is 0 Å². The molecule has 0 saturated carbocycles. The van der Waals surface area contributed by atoms with Crippen molar-refractivity contribution in [2.45, 2.75) is 0 Å². The summed E-state index contributed by atoms with van der Waals surface area (Å²) < 4.78 is 7.33. The highest BCUT2D eigenvalue weighted by Gasteiger charge is 2.19. The molecule has 0 spiro atoms. The minimum absolute atomic E-state index is 0.639. The van der Waals surface area contributed by atoms with E-state index < -0.39 is 0 Å². The smallest absolute Gasteiger partial charge is 0.164 e. The lowest BCUT2D eigenvalue weighted by atomic mass is 10.0. The molecule has 4 heterocycles. The van der Waals surface area contributed by atoms with Crippen LogP contribution in [0.25, 0.3) is 110 Å². The van der Waals surface area contributed by atoms with E-state index in [0.29, 0.717) is 17.5 Å². The zero-order valence-electron chi connectivity index (χ0n) is 31.7.